The van der Waals surface area contributed by atoms with Crippen molar-refractivity contribution in [1.82, 2.24) is 19.1 Å². The third-order valence-corrected chi connectivity index (χ3v) is 5.18. The molecule has 0 aliphatic heterocycles. The average molecular weight is 408 g/mol. The molecule has 0 atom stereocenters. The first-order chi connectivity index (χ1) is 15.2. The summed E-state index contributed by atoms with van der Waals surface area (Å²) in [7, 11) is 1.75. The van der Waals surface area contributed by atoms with Gasteiger partial charge in [-0.15, -0.1) is 0 Å². The number of rotatable bonds is 5. The molecule has 0 saturated heterocycles. The molecule has 3 heterocycles. The number of pyridine rings is 2. The van der Waals surface area contributed by atoms with Gasteiger partial charge in [0.1, 0.15) is 6.61 Å². The van der Waals surface area contributed by atoms with Crippen LogP contribution in [0.15, 0.2) is 96.2 Å². The van der Waals surface area contributed by atoms with E-state index in [4.69, 9.17) is 4.74 Å². The Hall–Kier alpha value is -4.19. The minimum absolute atomic E-state index is 0.101. The zero-order chi connectivity index (χ0) is 21.2. The lowest BCUT2D eigenvalue weighted by molar-refractivity contribution is 0.295. The molecule has 0 unspecified atom stereocenters. The summed E-state index contributed by atoms with van der Waals surface area (Å²) in [6, 6.07) is 23.4. The smallest absolute Gasteiger partial charge is 0.332 e. The molecule has 5 rings (SSSR count). The van der Waals surface area contributed by atoms with Crippen LogP contribution in [-0.2, 0) is 13.7 Å². The number of benzene rings is 2. The molecule has 0 spiro atoms. The fourth-order valence-electron chi connectivity index (χ4n) is 3.56. The van der Waals surface area contributed by atoms with Crippen LogP contribution in [0.25, 0.3) is 27.8 Å². The van der Waals surface area contributed by atoms with Crippen molar-refractivity contribution in [2.24, 2.45) is 7.05 Å². The lowest BCUT2D eigenvalue weighted by Gasteiger charge is -2.10. The standard InChI is InChI=1S/C25H20N4O2/c1-28-16-23(20-12-14-26-15-13-20)29(25(28)30)21-9-6-18(7-10-21)17-31-24-11-8-19-4-2-3-5-22(19)27-24/h2-16H,17H2,1H3. The normalized spacial score (nSPS) is 11.0. The number of nitrogens with zero attached hydrogens (tertiary/aromatic N) is 4. The SMILES string of the molecule is Cn1cc(-c2ccncc2)n(-c2ccc(COc3ccc4ccccc4n3)cc2)c1=O. The molecule has 0 N–H and O–H groups in total. The van der Waals surface area contributed by atoms with Crippen molar-refractivity contribution >= 4 is 10.9 Å². The van der Waals surface area contributed by atoms with Gasteiger partial charge in [-0.05, 0) is 42.0 Å². The summed E-state index contributed by atoms with van der Waals surface area (Å²) in [5.74, 6) is 0.585. The monoisotopic (exact) mass is 408 g/mol. The van der Waals surface area contributed by atoms with Crippen LogP contribution in [0.1, 0.15) is 5.56 Å². The number of hydrogen-bond acceptors (Lipinski definition) is 4. The molecular formula is C25H20N4O2. The van der Waals surface area contributed by atoms with E-state index in [1.807, 2.05) is 79.0 Å². The van der Waals surface area contributed by atoms with Crippen molar-refractivity contribution in [1.29, 1.82) is 0 Å². The van der Waals surface area contributed by atoms with Crippen molar-refractivity contribution in [2.45, 2.75) is 6.61 Å². The first kappa shape index (κ1) is 18.8. The molecule has 0 amide bonds. The van der Waals surface area contributed by atoms with Crippen molar-refractivity contribution in [3.8, 4) is 22.8 Å². The highest BCUT2D eigenvalue weighted by Gasteiger charge is 2.13. The van der Waals surface area contributed by atoms with E-state index in [0.717, 1.165) is 33.4 Å². The lowest BCUT2D eigenvalue weighted by Crippen LogP contribution is -2.21. The van der Waals surface area contributed by atoms with Crippen molar-refractivity contribution in [3.05, 3.63) is 107 Å². The van der Waals surface area contributed by atoms with Gasteiger partial charge in [-0.2, -0.15) is 0 Å². The van der Waals surface area contributed by atoms with Gasteiger partial charge in [0, 0.05) is 42.7 Å². The van der Waals surface area contributed by atoms with Gasteiger partial charge in [0.25, 0.3) is 0 Å². The Morgan fingerprint density at radius 1 is 0.903 bits per heavy atom. The first-order valence-corrected chi connectivity index (χ1v) is 9.96. The molecule has 2 aromatic carbocycles. The van der Waals surface area contributed by atoms with E-state index >= 15 is 0 Å². The van der Waals surface area contributed by atoms with E-state index in [1.165, 1.54) is 0 Å². The van der Waals surface area contributed by atoms with E-state index in [-0.39, 0.29) is 5.69 Å². The highest BCUT2D eigenvalue weighted by molar-refractivity contribution is 5.78. The summed E-state index contributed by atoms with van der Waals surface area (Å²) in [4.78, 5) is 21.3. The van der Waals surface area contributed by atoms with Crippen molar-refractivity contribution < 1.29 is 4.74 Å². The third kappa shape index (κ3) is 3.71. The van der Waals surface area contributed by atoms with Gasteiger partial charge in [0.15, 0.2) is 0 Å². The van der Waals surface area contributed by atoms with Gasteiger partial charge in [-0.1, -0.05) is 30.3 Å². The van der Waals surface area contributed by atoms with Crippen LogP contribution in [0.2, 0.25) is 0 Å². The number of imidazole rings is 1. The Kier molecular flexibility index (Phi) is 4.80. The molecular weight excluding hydrogens is 388 g/mol. The van der Waals surface area contributed by atoms with Crippen molar-refractivity contribution in [2.75, 3.05) is 0 Å². The molecule has 0 aliphatic carbocycles. The van der Waals surface area contributed by atoms with Crippen LogP contribution in [0.5, 0.6) is 5.88 Å². The summed E-state index contributed by atoms with van der Waals surface area (Å²) in [5, 5.41) is 1.08. The average Bonchev–Trinajstić information content (AvgIpc) is 3.13. The van der Waals surface area contributed by atoms with Gasteiger partial charge in [-0.25, -0.2) is 9.78 Å². The summed E-state index contributed by atoms with van der Waals surface area (Å²) in [6.45, 7) is 0.395. The van der Waals surface area contributed by atoms with Crippen LogP contribution in [-0.4, -0.2) is 19.1 Å². The first-order valence-electron chi connectivity index (χ1n) is 9.96. The lowest BCUT2D eigenvalue weighted by atomic mass is 10.2. The summed E-state index contributed by atoms with van der Waals surface area (Å²) < 4.78 is 9.16. The molecule has 0 bridgehead atoms. The van der Waals surface area contributed by atoms with Crippen LogP contribution in [0.4, 0.5) is 0 Å². The summed E-state index contributed by atoms with van der Waals surface area (Å²) in [6.07, 6.45) is 5.27. The predicted molar refractivity (Wildman–Crippen MR) is 120 cm³/mol. The minimum Gasteiger partial charge on any atom is -0.473 e. The zero-order valence-corrected chi connectivity index (χ0v) is 17.0. The third-order valence-electron chi connectivity index (χ3n) is 5.18. The number of hydrogen-bond donors (Lipinski definition) is 0. The molecule has 5 aromatic rings. The van der Waals surface area contributed by atoms with E-state index < -0.39 is 0 Å². The topological polar surface area (TPSA) is 61.9 Å². The number of para-hydroxylation sites is 1. The molecule has 0 saturated carbocycles. The number of fused-ring (bicyclic) bond motifs is 1. The predicted octanol–water partition coefficient (Wildman–Crippen LogP) is 4.37. The van der Waals surface area contributed by atoms with E-state index in [0.29, 0.717) is 12.5 Å². The van der Waals surface area contributed by atoms with E-state index in [9.17, 15) is 4.79 Å². The quantitative estimate of drug-likeness (QED) is 0.433. The van der Waals surface area contributed by atoms with Crippen LogP contribution in [0, 0.1) is 0 Å². The fraction of sp³-hybridized carbons (Fsp3) is 0.0800. The van der Waals surface area contributed by atoms with E-state index in [2.05, 4.69) is 9.97 Å². The molecule has 0 fully saturated rings. The second-order valence-corrected chi connectivity index (χ2v) is 7.28. The van der Waals surface area contributed by atoms with E-state index in [1.54, 1.807) is 28.6 Å². The van der Waals surface area contributed by atoms with Crippen LogP contribution >= 0.6 is 0 Å². The highest BCUT2D eigenvalue weighted by Crippen LogP contribution is 2.22. The maximum atomic E-state index is 12.7. The largest absolute Gasteiger partial charge is 0.473 e. The molecule has 0 radical (unpaired) electrons. The Morgan fingerprint density at radius 2 is 1.68 bits per heavy atom. The Labute approximate surface area is 179 Å². The summed E-state index contributed by atoms with van der Waals surface area (Å²) >= 11 is 0. The van der Waals surface area contributed by atoms with Gasteiger partial charge in [-0.3, -0.25) is 9.55 Å². The maximum absolute atomic E-state index is 12.7. The van der Waals surface area contributed by atoms with Crippen LogP contribution < -0.4 is 10.4 Å². The number of ether oxygens (including phenoxy) is 1. The Bertz CT molecular complexity index is 1400. The van der Waals surface area contributed by atoms with Crippen LogP contribution in [0.3, 0.4) is 0 Å². The summed E-state index contributed by atoms with van der Waals surface area (Å²) in [5.41, 5.74) is 4.35. The highest BCUT2D eigenvalue weighted by atomic mass is 16.5. The Balaban J connectivity index is 1.39. The molecule has 6 heteroatoms. The van der Waals surface area contributed by atoms with Gasteiger partial charge in [0.05, 0.1) is 16.9 Å². The maximum Gasteiger partial charge on any atom is 0.332 e. The second kappa shape index (κ2) is 7.91. The van der Waals surface area contributed by atoms with Crippen molar-refractivity contribution in [3.63, 3.8) is 0 Å². The molecule has 3 aromatic heterocycles. The van der Waals surface area contributed by atoms with Gasteiger partial charge >= 0.3 is 5.69 Å². The minimum atomic E-state index is -0.101. The molecule has 0 aliphatic rings. The molecule has 6 nitrogen and oxygen atoms in total. The van der Waals surface area contributed by atoms with Gasteiger partial charge < -0.3 is 9.30 Å². The fourth-order valence-corrected chi connectivity index (χ4v) is 3.56. The molecule has 152 valence electrons. The number of aryl methyl sites for hydroxylation is 1. The Morgan fingerprint density at radius 3 is 2.48 bits per heavy atom. The zero-order valence-electron chi connectivity index (χ0n) is 17.0. The molecule has 31 heavy (non-hydrogen) atoms. The van der Waals surface area contributed by atoms with Gasteiger partial charge in [0.2, 0.25) is 5.88 Å². The number of aromatic nitrogens is 4. The second-order valence-electron chi connectivity index (χ2n) is 7.28.